The van der Waals surface area contributed by atoms with Gasteiger partial charge in [-0.1, -0.05) is 6.85 Å². The van der Waals surface area contributed by atoms with Crippen molar-refractivity contribution in [3.8, 4) is 0 Å². The minimum atomic E-state index is -4.63. The highest BCUT2D eigenvalue weighted by Gasteiger charge is 2.37. The number of fused-ring (bicyclic) bond motifs is 1. The van der Waals surface area contributed by atoms with Crippen molar-refractivity contribution in [2.24, 2.45) is 5.73 Å². The summed E-state index contributed by atoms with van der Waals surface area (Å²) in [5, 5.41) is 0. The van der Waals surface area contributed by atoms with E-state index in [-0.39, 0.29) is 17.7 Å². The van der Waals surface area contributed by atoms with Crippen molar-refractivity contribution >= 4 is 11.8 Å². The summed E-state index contributed by atoms with van der Waals surface area (Å²) in [4.78, 5) is 13.4. The monoisotopic (exact) mass is 322 g/mol. The summed E-state index contributed by atoms with van der Waals surface area (Å²) in [5.74, 6) is 0. The molecular weight excluding hydrogens is 297 g/mol. The molecule has 1 aliphatic rings. The van der Waals surface area contributed by atoms with Gasteiger partial charge in [-0.15, -0.1) is 0 Å². The Bertz CT molecular complexity index is 736. The topological polar surface area (TPSA) is 55.6 Å². The van der Waals surface area contributed by atoms with Crippen LogP contribution in [0.3, 0.4) is 0 Å². The van der Waals surface area contributed by atoms with Crippen molar-refractivity contribution in [3.05, 3.63) is 29.3 Å². The van der Waals surface area contributed by atoms with Crippen molar-refractivity contribution < 1.29 is 30.9 Å². The Morgan fingerprint density at radius 3 is 2.91 bits per heavy atom. The Kier molecular flexibility index (Phi) is 2.83. The first-order chi connectivity index (χ1) is 12.6. The average Bonchev–Trinajstić information content (AvgIpc) is 2.49. The van der Waals surface area contributed by atoms with Gasteiger partial charge in [-0.25, -0.2) is 4.79 Å². The molecule has 0 saturated heterocycles. The van der Waals surface area contributed by atoms with Crippen molar-refractivity contribution in [2.45, 2.75) is 44.8 Å². The summed E-state index contributed by atoms with van der Waals surface area (Å²) in [6.07, 6.45) is -6.38. The molecule has 0 aliphatic carbocycles. The van der Waals surface area contributed by atoms with E-state index < -0.39 is 56.6 Å². The van der Waals surface area contributed by atoms with Crippen LogP contribution in [0.1, 0.15) is 51.9 Å². The van der Waals surface area contributed by atoms with Gasteiger partial charge >= 0.3 is 12.3 Å². The first-order valence-corrected chi connectivity index (χ1v) is 6.51. The lowest BCUT2D eigenvalue weighted by atomic mass is 9.89. The number of hydrogen-bond acceptors (Lipinski definition) is 3. The number of carbonyl (C=O) groups excluding carboxylic acids is 1. The Balaban J connectivity index is 2.46. The summed E-state index contributed by atoms with van der Waals surface area (Å²) in [7, 11) is 0. The predicted octanol–water partition coefficient (Wildman–Crippen LogP) is 3.85. The van der Waals surface area contributed by atoms with Crippen molar-refractivity contribution in [1.29, 1.82) is 0 Å². The third-order valence-corrected chi connectivity index (χ3v) is 3.53. The fourth-order valence-electron chi connectivity index (χ4n) is 2.52. The zero-order chi connectivity index (χ0) is 21.5. The fourth-order valence-corrected chi connectivity index (χ4v) is 2.52. The van der Waals surface area contributed by atoms with E-state index in [9.17, 15) is 18.0 Å². The Morgan fingerprint density at radius 1 is 1.50 bits per heavy atom. The number of benzene rings is 1. The van der Waals surface area contributed by atoms with Crippen LogP contribution in [0.2, 0.25) is 0 Å². The first kappa shape index (κ1) is 10.1. The van der Waals surface area contributed by atoms with Gasteiger partial charge in [0.15, 0.2) is 0 Å². The zero-order valence-electron chi connectivity index (χ0n) is 17.5. The van der Waals surface area contributed by atoms with E-state index in [1.165, 1.54) is 0 Å². The third-order valence-electron chi connectivity index (χ3n) is 3.53. The second-order valence-corrected chi connectivity index (χ2v) is 4.90. The van der Waals surface area contributed by atoms with Gasteiger partial charge in [0.25, 0.3) is 0 Å². The maximum Gasteiger partial charge on any atom is 0.416 e. The Hall–Kier alpha value is -1.76. The maximum atomic E-state index is 13.0. The molecule has 4 nitrogen and oxygen atoms in total. The van der Waals surface area contributed by atoms with E-state index in [1.54, 1.807) is 0 Å². The lowest BCUT2D eigenvalue weighted by molar-refractivity contribution is -0.137. The second kappa shape index (κ2) is 6.16. The quantitative estimate of drug-likeness (QED) is 0.900. The van der Waals surface area contributed by atoms with Gasteiger partial charge < -0.3 is 10.5 Å². The molecule has 1 amide bonds. The molecule has 0 spiro atoms. The Labute approximate surface area is 135 Å². The van der Waals surface area contributed by atoms with Gasteiger partial charge in [0.1, 0.15) is 0 Å². The van der Waals surface area contributed by atoms with Crippen LogP contribution in [-0.4, -0.2) is 18.7 Å². The minimum Gasteiger partial charge on any atom is -0.449 e. The number of hydrogen-bond donors (Lipinski definition) is 1. The summed E-state index contributed by atoms with van der Waals surface area (Å²) < 4.78 is 87.4. The molecule has 22 heavy (non-hydrogen) atoms. The number of alkyl halides is 3. The zero-order valence-corrected chi connectivity index (χ0v) is 11.5. The summed E-state index contributed by atoms with van der Waals surface area (Å²) in [6, 6.07) is 0.635. The number of nitrogens with zero attached hydrogens (tertiary/aromatic N) is 1. The minimum absolute atomic E-state index is 0.00227. The van der Waals surface area contributed by atoms with Crippen molar-refractivity contribution in [1.82, 2.24) is 0 Å². The van der Waals surface area contributed by atoms with E-state index >= 15 is 0 Å². The summed E-state index contributed by atoms with van der Waals surface area (Å²) >= 11 is 0. The van der Waals surface area contributed by atoms with Crippen LogP contribution in [-0.2, 0) is 10.9 Å². The molecule has 1 aromatic carbocycles. The average molecular weight is 322 g/mol. The smallest absolute Gasteiger partial charge is 0.416 e. The molecule has 0 bridgehead atoms. The number of rotatable bonds is 2. The molecule has 1 aromatic rings. The van der Waals surface area contributed by atoms with Crippen LogP contribution >= 0.6 is 0 Å². The van der Waals surface area contributed by atoms with Crippen molar-refractivity contribution in [2.75, 3.05) is 11.5 Å². The molecule has 1 aliphatic heterocycles. The van der Waals surface area contributed by atoms with Crippen LogP contribution in [0.4, 0.5) is 23.7 Å². The van der Waals surface area contributed by atoms with Crippen molar-refractivity contribution in [3.63, 3.8) is 0 Å². The Morgan fingerprint density at radius 2 is 2.27 bits per heavy atom. The molecule has 0 unspecified atom stereocenters. The first-order valence-electron chi connectivity index (χ1n) is 9.51. The highest BCUT2D eigenvalue weighted by Crippen LogP contribution is 2.40. The molecule has 0 aromatic heterocycles. The number of ether oxygens (including phenoxy) is 1. The molecule has 1 heterocycles. The van der Waals surface area contributed by atoms with Crippen LogP contribution in [0.15, 0.2) is 18.2 Å². The number of carbonyl (C=O) groups is 1. The van der Waals surface area contributed by atoms with Gasteiger partial charge in [-0.05, 0) is 43.5 Å². The lowest BCUT2D eigenvalue weighted by Crippen LogP contribution is -2.46. The number of anilines is 1. The second-order valence-electron chi connectivity index (χ2n) is 4.90. The van der Waals surface area contributed by atoms with E-state index in [1.807, 2.05) is 0 Å². The largest absolute Gasteiger partial charge is 0.449 e. The predicted molar refractivity (Wildman–Crippen MR) is 76.6 cm³/mol. The van der Waals surface area contributed by atoms with Gasteiger partial charge in [0, 0.05) is 20.3 Å². The normalized spacial score (nSPS) is 26.6. The summed E-state index contributed by atoms with van der Waals surface area (Å²) in [5.41, 5.74) is 4.96. The summed E-state index contributed by atoms with van der Waals surface area (Å²) in [6.45, 7) is -5.95. The van der Waals surface area contributed by atoms with E-state index in [0.29, 0.717) is 0 Å². The molecule has 2 rings (SSSR count). The van der Waals surface area contributed by atoms with Gasteiger partial charge in [0.05, 0.1) is 17.9 Å². The highest BCUT2D eigenvalue weighted by atomic mass is 19.4. The van der Waals surface area contributed by atoms with Gasteiger partial charge in [-0.2, -0.15) is 13.2 Å². The fraction of sp³-hybridized carbons (Fsp3) is 0.533. The standard InChI is InChI=1S/C15H19F3N2O2/c1-3-10-8-12(19)11-7-9(15(16,17)18)5-6-13(11)20(10)14(21)22-4-2/h5-7,10,12H,3-4,8,19H2,1-2H3/t10-,12+/m1/s1/i1D3,2D3. The van der Waals surface area contributed by atoms with Crippen LogP contribution < -0.4 is 10.6 Å². The van der Waals surface area contributed by atoms with Crippen LogP contribution in [0, 0.1) is 0 Å². The van der Waals surface area contributed by atoms with Crippen LogP contribution in [0.25, 0.3) is 0 Å². The molecule has 2 N–H and O–H groups in total. The van der Waals surface area contributed by atoms with Crippen LogP contribution in [0.5, 0.6) is 0 Å². The van der Waals surface area contributed by atoms with E-state index in [0.717, 1.165) is 23.1 Å². The highest BCUT2D eigenvalue weighted by molar-refractivity contribution is 5.90. The van der Waals surface area contributed by atoms with Gasteiger partial charge in [0.2, 0.25) is 0 Å². The molecule has 2 atom stereocenters. The van der Waals surface area contributed by atoms with Gasteiger partial charge in [-0.3, -0.25) is 4.90 Å². The molecule has 122 valence electrons. The van der Waals surface area contributed by atoms with E-state index in [2.05, 4.69) is 0 Å². The molecule has 7 heteroatoms. The molecule has 0 saturated carbocycles. The van der Waals surface area contributed by atoms with E-state index in [4.69, 9.17) is 18.7 Å². The number of amides is 1. The maximum absolute atomic E-state index is 13.0. The SMILES string of the molecule is [2H]C([2H])([2H])COC(=O)N1c2ccc(C(F)(F)F)cc2[C@@H](N)C[C@H]1CC([2H])([2H])[2H]. The molecular formula is C15H19F3N2O2. The number of halogens is 3. The lowest BCUT2D eigenvalue weighted by Gasteiger charge is -2.39. The molecule has 0 fully saturated rings. The number of nitrogens with two attached hydrogens (primary N) is 1. The third kappa shape index (κ3) is 3.04. The molecule has 0 radical (unpaired) electrons.